The van der Waals surface area contributed by atoms with Crippen LogP contribution in [0, 0.1) is 0 Å². The Kier molecular flexibility index (Phi) is 6.44. The minimum absolute atomic E-state index is 0.00150. The minimum Gasteiger partial charge on any atom is -0.353 e. The van der Waals surface area contributed by atoms with Gasteiger partial charge < -0.3 is 5.32 Å². The van der Waals surface area contributed by atoms with Crippen LogP contribution in [0.4, 0.5) is 0 Å². The molecule has 0 fully saturated rings. The van der Waals surface area contributed by atoms with Crippen molar-refractivity contribution in [2.45, 2.75) is 31.0 Å². The number of nitrogens with zero attached hydrogens (tertiary/aromatic N) is 2. The highest BCUT2D eigenvalue weighted by atomic mass is 32.2. The highest BCUT2D eigenvalue weighted by Gasteiger charge is 2.11. The van der Waals surface area contributed by atoms with Crippen LogP contribution in [0.3, 0.4) is 0 Å². The Morgan fingerprint density at radius 2 is 1.81 bits per heavy atom. The lowest BCUT2D eigenvalue weighted by Crippen LogP contribution is -2.34. The van der Waals surface area contributed by atoms with Crippen LogP contribution in [0.5, 0.6) is 0 Å². The Morgan fingerprint density at radius 1 is 1.12 bits per heavy atom. The number of carbonyl (C=O) groups is 1. The second-order valence-electron chi connectivity index (χ2n) is 6.11. The van der Waals surface area contributed by atoms with E-state index in [-0.39, 0.29) is 11.9 Å². The van der Waals surface area contributed by atoms with Crippen molar-refractivity contribution < 1.29 is 4.79 Å². The number of aromatic amines is 1. The Labute approximate surface area is 157 Å². The molecular weight excluding hydrogens is 344 g/mol. The molecule has 0 radical (unpaired) electrons. The van der Waals surface area contributed by atoms with Gasteiger partial charge in [-0.3, -0.25) is 9.89 Å². The average Bonchev–Trinajstić information content (AvgIpc) is 3.15. The number of H-pyrrole nitrogens is 1. The molecule has 26 heavy (non-hydrogen) atoms. The SMILES string of the molecule is C[C@H](CCc1ccccc1)NC(=O)CSc1n[nH]c(-c2ccccc2)n1. The van der Waals surface area contributed by atoms with Crippen LogP contribution in [0.1, 0.15) is 18.9 Å². The van der Waals surface area contributed by atoms with Crippen LogP contribution in [0.2, 0.25) is 0 Å². The van der Waals surface area contributed by atoms with Gasteiger partial charge in [0.2, 0.25) is 11.1 Å². The van der Waals surface area contributed by atoms with Gasteiger partial charge in [0, 0.05) is 11.6 Å². The molecule has 0 aliphatic rings. The van der Waals surface area contributed by atoms with Gasteiger partial charge in [-0.25, -0.2) is 4.98 Å². The lowest BCUT2D eigenvalue weighted by atomic mass is 10.1. The fourth-order valence-electron chi connectivity index (χ4n) is 2.58. The third-order valence-electron chi connectivity index (χ3n) is 3.96. The third-order valence-corrected chi connectivity index (χ3v) is 4.81. The van der Waals surface area contributed by atoms with Crippen molar-refractivity contribution >= 4 is 17.7 Å². The molecule has 0 saturated heterocycles. The number of thioether (sulfide) groups is 1. The normalized spacial score (nSPS) is 11.9. The molecule has 1 atom stereocenters. The van der Waals surface area contributed by atoms with Gasteiger partial charge in [0.15, 0.2) is 5.82 Å². The molecular formula is C20H22N4OS. The number of benzene rings is 2. The van der Waals surface area contributed by atoms with Crippen LogP contribution >= 0.6 is 11.8 Å². The van der Waals surface area contributed by atoms with Gasteiger partial charge >= 0.3 is 0 Å². The van der Waals surface area contributed by atoms with Crippen molar-refractivity contribution in [2.24, 2.45) is 0 Å². The fourth-order valence-corrected chi connectivity index (χ4v) is 3.19. The number of nitrogens with one attached hydrogen (secondary N) is 2. The molecule has 0 spiro atoms. The van der Waals surface area contributed by atoms with E-state index in [1.54, 1.807) is 0 Å². The maximum absolute atomic E-state index is 12.1. The monoisotopic (exact) mass is 366 g/mol. The molecule has 3 rings (SSSR count). The van der Waals surface area contributed by atoms with Crippen molar-refractivity contribution in [1.29, 1.82) is 0 Å². The molecule has 2 aromatic carbocycles. The van der Waals surface area contributed by atoms with Crippen molar-refractivity contribution in [3.63, 3.8) is 0 Å². The summed E-state index contributed by atoms with van der Waals surface area (Å²) in [6, 6.07) is 20.2. The second-order valence-corrected chi connectivity index (χ2v) is 7.06. The van der Waals surface area contributed by atoms with Gasteiger partial charge in [-0.05, 0) is 25.3 Å². The molecule has 0 bridgehead atoms. The number of aryl methyl sites for hydroxylation is 1. The van der Waals surface area contributed by atoms with Crippen LogP contribution in [0.25, 0.3) is 11.4 Å². The first kappa shape index (κ1) is 18.2. The number of hydrogen-bond donors (Lipinski definition) is 2. The van der Waals surface area contributed by atoms with Crippen LogP contribution in [0.15, 0.2) is 65.8 Å². The van der Waals surface area contributed by atoms with Crippen molar-refractivity contribution in [3.8, 4) is 11.4 Å². The molecule has 1 heterocycles. The highest BCUT2D eigenvalue weighted by Crippen LogP contribution is 2.18. The quantitative estimate of drug-likeness (QED) is 0.596. The number of rotatable bonds is 8. The molecule has 0 aliphatic heterocycles. The van der Waals surface area contributed by atoms with Crippen LogP contribution in [-0.2, 0) is 11.2 Å². The maximum Gasteiger partial charge on any atom is 0.230 e. The Hall–Kier alpha value is -2.60. The predicted octanol–water partition coefficient (Wildman–Crippen LogP) is 3.70. The van der Waals surface area contributed by atoms with Gasteiger partial charge in [-0.15, -0.1) is 5.10 Å². The van der Waals surface area contributed by atoms with Gasteiger partial charge in [0.1, 0.15) is 0 Å². The molecule has 1 amide bonds. The smallest absolute Gasteiger partial charge is 0.230 e. The summed E-state index contributed by atoms with van der Waals surface area (Å²) < 4.78 is 0. The van der Waals surface area contributed by atoms with Crippen molar-refractivity contribution in [1.82, 2.24) is 20.5 Å². The first-order chi connectivity index (χ1) is 12.7. The molecule has 0 saturated carbocycles. The molecule has 0 aliphatic carbocycles. The summed E-state index contributed by atoms with van der Waals surface area (Å²) in [6.07, 6.45) is 1.87. The standard InChI is InChI=1S/C20H22N4OS/c1-15(12-13-16-8-4-2-5-9-16)21-18(25)14-26-20-22-19(23-24-20)17-10-6-3-7-11-17/h2-11,15H,12-14H2,1H3,(H,21,25)(H,22,23,24)/t15-/m1/s1. The largest absolute Gasteiger partial charge is 0.353 e. The second kappa shape index (κ2) is 9.20. The molecule has 1 aromatic heterocycles. The van der Waals surface area contributed by atoms with E-state index in [1.807, 2.05) is 55.5 Å². The van der Waals surface area contributed by atoms with E-state index in [0.29, 0.717) is 16.7 Å². The summed E-state index contributed by atoms with van der Waals surface area (Å²) in [7, 11) is 0. The van der Waals surface area contributed by atoms with Crippen molar-refractivity contribution in [2.75, 3.05) is 5.75 Å². The first-order valence-corrected chi connectivity index (χ1v) is 9.63. The van der Waals surface area contributed by atoms with E-state index in [2.05, 4.69) is 32.6 Å². The summed E-state index contributed by atoms with van der Waals surface area (Å²) in [6.45, 7) is 2.03. The van der Waals surface area contributed by atoms with Gasteiger partial charge in [0.05, 0.1) is 5.75 Å². The fraction of sp³-hybridized carbons (Fsp3) is 0.250. The third kappa shape index (κ3) is 5.46. The molecule has 5 nitrogen and oxygen atoms in total. The zero-order chi connectivity index (χ0) is 18.2. The summed E-state index contributed by atoms with van der Waals surface area (Å²) >= 11 is 1.33. The van der Waals surface area contributed by atoms with Crippen molar-refractivity contribution in [3.05, 3.63) is 66.2 Å². The molecule has 0 unspecified atom stereocenters. The Balaban J connectivity index is 1.42. The highest BCUT2D eigenvalue weighted by molar-refractivity contribution is 7.99. The summed E-state index contributed by atoms with van der Waals surface area (Å²) in [5.41, 5.74) is 2.27. The van der Waals surface area contributed by atoms with E-state index < -0.39 is 0 Å². The van der Waals surface area contributed by atoms with Gasteiger partial charge in [-0.2, -0.15) is 0 Å². The minimum atomic E-state index is 0.00150. The predicted molar refractivity (Wildman–Crippen MR) is 105 cm³/mol. The number of hydrogen-bond acceptors (Lipinski definition) is 4. The van der Waals surface area contributed by atoms with E-state index in [4.69, 9.17) is 0 Å². The number of aromatic nitrogens is 3. The van der Waals surface area contributed by atoms with E-state index in [9.17, 15) is 4.79 Å². The summed E-state index contributed by atoms with van der Waals surface area (Å²) in [4.78, 5) is 16.5. The van der Waals surface area contributed by atoms with Crippen LogP contribution in [-0.4, -0.2) is 32.9 Å². The molecule has 6 heteroatoms. The summed E-state index contributed by atoms with van der Waals surface area (Å²) in [5.74, 6) is 1.02. The average molecular weight is 366 g/mol. The zero-order valence-electron chi connectivity index (χ0n) is 14.7. The van der Waals surface area contributed by atoms with E-state index in [0.717, 1.165) is 18.4 Å². The topological polar surface area (TPSA) is 70.7 Å². The van der Waals surface area contributed by atoms with E-state index >= 15 is 0 Å². The lowest BCUT2D eigenvalue weighted by molar-refractivity contribution is -0.119. The summed E-state index contributed by atoms with van der Waals surface area (Å²) in [5, 5.41) is 10.7. The zero-order valence-corrected chi connectivity index (χ0v) is 15.5. The molecule has 134 valence electrons. The Morgan fingerprint density at radius 3 is 2.54 bits per heavy atom. The maximum atomic E-state index is 12.1. The molecule has 3 aromatic rings. The van der Waals surface area contributed by atoms with Gasteiger partial charge in [0.25, 0.3) is 0 Å². The number of amides is 1. The number of carbonyl (C=O) groups excluding carboxylic acids is 1. The van der Waals surface area contributed by atoms with Gasteiger partial charge in [-0.1, -0.05) is 72.4 Å². The molecule has 2 N–H and O–H groups in total. The lowest BCUT2D eigenvalue weighted by Gasteiger charge is -2.13. The van der Waals surface area contributed by atoms with Crippen LogP contribution < -0.4 is 5.32 Å². The Bertz CT molecular complexity index is 820. The first-order valence-electron chi connectivity index (χ1n) is 8.64. The van der Waals surface area contributed by atoms with E-state index in [1.165, 1.54) is 17.3 Å².